The van der Waals surface area contributed by atoms with Gasteiger partial charge in [0.1, 0.15) is 66.5 Å². The number of nitro benzene ring substituents is 3. The molecule has 0 unspecified atom stereocenters. The van der Waals surface area contributed by atoms with E-state index < -0.39 is 38.2 Å². The molecule has 0 heterocycles. The molecule has 0 aliphatic heterocycles. The van der Waals surface area contributed by atoms with Crippen LogP contribution in [0.3, 0.4) is 0 Å². The van der Waals surface area contributed by atoms with E-state index in [1.807, 2.05) is 20.8 Å². The van der Waals surface area contributed by atoms with E-state index in [9.17, 15) is 54.6 Å². The quantitative estimate of drug-likeness (QED) is 0.0106. The molecule has 0 spiro atoms. The second-order valence-corrected chi connectivity index (χ2v) is 25.7. The van der Waals surface area contributed by atoms with Gasteiger partial charge in [-0.15, -0.1) is 0 Å². The Labute approximate surface area is 602 Å². The molecule has 0 saturated heterocycles. The molecule has 558 valence electrons. The van der Waals surface area contributed by atoms with Crippen LogP contribution in [0, 0.1) is 30.3 Å². The van der Waals surface area contributed by atoms with E-state index in [-0.39, 0.29) is 90.9 Å². The maximum Gasteiger partial charge on any atom is 0.407 e. The number of nitrogens with one attached hydrogen (secondary N) is 6. The number of aromatic carboxylic acids is 1. The van der Waals surface area contributed by atoms with Crippen LogP contribution in [-0.2, 0) is 4.74 Å². The topological polar surface area (TPSA) is 355 Å². The fourth-order valence-corrected chi connectivity index (χ4v) is 10.7. The summed E-state index contributed by atoms with van der Waals surface area (Å²) >= 11 is 0. The fraction of sp³-hybridized carbons (Fsp3) is 0.474. The van der Waals surface area contributed by atoms with Crippen molar-refractivity contribution < 1.29 is 72.2 Å². The first-order valence-corrected chi connectivity index (χ1v) is 35.7. The second kappa shape index (κ2) is 46.0. The lowest BCUT2D eigenvalue weighted by Gasteiger charge is -2.19. The molecule has 7 N–H and O–H groups in total. The fourth-order valence-electron chi connectivity index (χ4n) is 10.7. The second-order valence-electron chi connectivity index (χ2n) is 25.7. The minimum Gasteiger partial charge on any atom is -0.493 e. The average Bonchev–Trinajstić information content (AvgIpc) is 0.865. The van der Waals surface area contributed by atoms with Crippen molar-refractivity contribution in [3.63, 3.8) is 0 Å². The van der Waals surface area contributed by atoms with Crippen LogP contribution in [0.4, 0.5) is 38.9 Å². The highest BCUT2D eigenvalue weighted by molar-refractivity contribution is 5.95. The lowest BCUT2D eigenvalue weighted by Crippen LogP contribution is -2.32. The van der Waals surface area contributed by atoms with Gasteiger partial charge in [0.05, 0.1) is 46.6 Å². The standard InChI is InChI=1S/C76H101N9O18/c1-76(2,3)103-75(90)82-37-21-17-13-9-5-7-11-15-19-23-43-98-67-49-58(51-69(55-67)100-45-39-79-62-28-34-65(35-29-62)85(95)96)73(87)81-41-47-102-71-53-59(74(88)89)52-70(56-71)101-46-40-80-72(86)57-48-66(54-68(50-57)99-44-38-78-61-26-32-64(33-27-61)84(93)94)97-42-22-18-14-10-6-4-8-12-16-20-36-77-60-24-30-63(31-25-60)83(91)92/h24-35,48-56,77-79H,4-23,36-47H2,1-3H3,(H,80,86)(H,81,87)(H,82,90)(H,88,89). The first-order valence-electron chi connectivity index (χ1n) is 35.7. The van der Waals surface area contributed by atoms with Crippen LogP contribution in [0.2, 0.25) is 0 Å². The maximum atomic E-state index is 13.7. The number of non-ortho nitro benzene ring substituents is 3. The van der Waals surface area contributed by atoms with Gasteiger partial charge in [0.25, 0.3) is 28.9 Å². The Balaban J connectivity index is 0.933. The Morgan fingerprint density at radius 2 is 0.612 bits per heavy atom. The minimum absolute atomic E-state index is 0.0247. The number of anilines is 3. The normalized spacial score (nSPS) is 11.0. The van der Waals surface area contributed by atoms with Crippen molar-refractivity contribution in [2.24, 2.45) is 0 Å². The number of hydrogen-bond acceptors (Lipinski definition) is 20. The average molecular weight is 1430 g/mol. The number of nitro groups is 3. The van der Waals surface area contributed by atoms with Crippen molar-refractivity contribution in [3.8, 4) is 34.5 Å². The van der Waals surface area contributed by atoms with E-state index in [0.29, 0.717) is 67.2 Å². The summed E-state index contributed by atoms with van der Waals surface area (Å²) < 4.78 is 41.6. The molecule has 6 aromatic carbocycles. The molecule has 0 radical (unpaired) electrons. The molecule has 0 aliphatic rings. The zero-order valence-electron chi connectivity index (χ0n) is 59.5. The molecule has 0 aliphatic carbocycles. The largest absolute Gasteiger partial charge is 0.493 e. The summed E-state index contributed by atoms with van der Waals surface area (Å²) in [7, 11) is 0. The van der Waals surface area contributed by atoms with Gasteiger partial charge in [-0.2, -0.15) is 0 Å². The van der Waals surface area contributed by atoms with Crippen molar-refractivity contribution in [2.45, 2.75) is 155 Å². The van der Waals surface area contributed by atoms with Gasteiger partial charge in [-0.1, -0.05) is 103 Å². The molecule has 27 heteroatoms. The van der Waals surface area contributed by atoms with Crippen LogP contribution in [0.15, 0.2) is 127 Å². The van der Waals surface area contributed by atoms with E-state index in [4.69, 9.17) is 33.2 Å². The summed E-state index contributed by atoms with van der Waals surface area (Å²) in [6.07, 6.45) is 20.8. The third-order valence-electron chi connectivity index (χ3n) is 16.0. The predicted octanol–water partition coefficient (Wildman–Crippen LogP) is 15.9. The molecular weight excluding hydrogens is 1330 g/mol. The van der Waals surface area contributed by atoms with Crippen LogP contribution in [-0.4, -0.2) is 128 Å². The lowest BCUT2D eigenvalue weighted by molar-refractivity contribution is -0.385. The third-order valence-corrected chi connectivity index (χ3v) is 16.0. The van der Waals surface area contributed by atoms with Crippen molar-refractivity contribution >= 4 is 58.0 Å². The molecule has 6 rings (SSSR count). The van der Waals surface area contributed by atoms with Crippen LogP contribution in [0.25, 0.3) is 0 Å². The van der Waals surface area contributed by atoms with Gasteiger partial charge in [-0.3, -0.25) is 39.9 Å². The molecule has 0 aromatic heterocycles. The number of carboxylic acid groups (broad SMARTS) is 1. The van der Waals surface area contributed by atoms with Crippen molar-refractivity contribution in [1.82, 2.24) is 16.0 Å². The summed E-state index contributed by atoms with van der Waals surface area (Å²) in [6.45, 7) is 8.86. The smallest absolute Gasteiger partial charge is 0.407 e. The van der Waals surface area contributed by atoms with Crippen LogP contribution in [0.5, 0.6) is 34.5 Å². The molecule has 27 nitrogen and oxygen atoms in total. The summed E-state index contributed by atoms with van der Waals surface area (Å²) in [5, 5.41) is 61.3. The van der Waals surface area contributed by atoms with Gasteiger partial charge in [0.2, 0.25) is 0 Å². The van der Waals surface area contributed by atoms with Crippen molar-refractivity contribution in [1.29, 1.82) is 0 Å². The summed E-state index contributed by atoms with van der Waals surface area (Å²) in [5.41, 5.74) is 2.16. The number of unbranched alkanes of at least 4 members (excludes halogenated alkanes) is 18. The van der Waals surface area contributed by atoms with Crippen LogP contribution >= 0.6 is 0 Å². The first-order chi connectivity index (χ1) is 49.8. The van der Waals surface area contributed by atoms with Gasteiger partial charge >= 0.3 is 12.1 Å². The number of nitrogens with zero attached hydrogens (tertiary/aromatic N) is 3. The number of amides is 3. The van der Waals surface area contributed by atoms with Gasteiger partial charge in [-0.05, 0) is 119 Å². The molecule has 103 heavy (non-hydrogen) atoms. The maximum absolute atomic E-state index is 13.7. The van der Waals surface area contributed by atoms with E-state index >= 15 is 0 Å². The molecule has 0 fully saturated rings. The number of alkyl carbamates (subject to hydrolysis) is 1. The Morgan fingerprint density at radius 3 is 0.922 bits per heavy atom. The van der Waals surface area contributed by atoms with Crippen LogP contribution < -0.4 is 60.3 Å². The van der Waals surface area contributed by atoms with Crippen molar-refractivity contribution in [3.05, 3.63) is 174 Å². The SMILES string of the molecule is CC(C)(C)OC(=O)NCCCCCCCCCCCCOc1cc(OCCNc2ccc([N+](=O)[O-])cc2)cc(C(=O)NCCOc2cc(OCCNC(=O)c3cc(OCCCCCCCCCCCCNc4ccc([N+](=O)[O-])cc4)cc(OCCNc4ccc([N+](=O)[O-])cc4)c3)cc(C(=O)O)c2)c1. The van der Waals surface area contributed by atoms with Gasteiger partial charge < -0.3 is 70.2 Å². The summed E-state index contributed by atoms with van der Waals surface area (Å²) in [5.74, 6) is -0.111. The van der Waals surface area contributed by atoms with E-state index in [1.165, 1.54) is 67.4 Å². The molecule has 0 atom stereocenters. The Morgan fingerprint density at radius 1 is 0.340 bits per heavy atom. The number of ether oxygens (including phenoxy) is 7. The highest BCUT2D eigenvalue weighted by Crippen LogP contribution is 2.28. The lowest BCUT2D eigenvalue weighted by atomic mass is 10.1. The van der Waals surface area contributed by atoms with Gasteiger partial charge in [0.15, 0.2) is 0 Å². The number of carbonyl (C=O) groups excluding carboxylic acids is 3. The monoisotopic (exact) mass is 1430 g/mol. The van der Waals surface area contributed by atoms with E-state index in [0.717, 1.165) is 128 Å². The first kappa shape index (κ1) is 81.4. The number of rotatable bonds is 53. The zero-order valence-corrected chi connectivity index (χ0v) is 59.5. The molecule has 0 bridgehead atoms. The molecular formula is C76H101N9O18. The van der Waals surface area contributed by atoms with E-state index in [2.05, 4.69) is 31.9 Å². The van der Waals surface area contributed by atoms with Gasteiger partial charge in [0, 0.05) is 109 Å². The molecule has 0 saturated carbocycles. The number of hydrogen-bond donors (Lipinski definition) is 7. The third kappa shape index (κ3) is 34.1. The summed E-state index contributed by atoms with van der Waals surface area (Å²) in [6, 6.07) is 32.6. The highest BCUT2D eigenvalue weighted by Gasteiger charge is 2.18. The number of benzene rings is 6. The van der Waals surface area contributed by atoms with E-state index in [1.54, 1.807) is 72.8 Å². The number of carbonyl (C=O) groups is 4. The predicted molar refractivity (Wildman–Crippen MR) is 395 cm³/mol. The Hall–Kier alpha value is -10.6. The minimum atomic E-state index is -1.23. The zero-order chi connectivity index (χ0) is 73.9. The van der Waals surface area contributed by atoms with Crippen molar-refractivity contribution in [2.75, 3.05) is 94.9 Å². The Bertz CT molecular complexity index is 3570. The highest BCUT2D eigenvalue weighted by atomic mass is 16.6. The van der Waals surface area contributed by atoms with Gasteiger partial charge in [-0.25, -0.2) is 9.59 Å². The summed E-state index contributed by atoms with van der Waals surface area (Å²) in [4.78, 5) is 83.2. The molecule has 6 aromatic rings. The number of carboxylic acids is 1. The van der Waals surface area contributed by atoms with Crippen LogP contribution in [0.1, 0.15) is 180 Å². The molecule has 3 amide bonds. The Kier molecular flexibility index (Phi) is 36.4.